The van der Waals surface area contributed by atoms with Crippen molar-refractivity contribution in [2.75, 3.05) is 5.73 Å². The molecule has 0 aliphatic carbocycles. The number of anilines is 1. The van der Waals surface area contributed by atoms with Crippen molar-refractivity contribution in [2.45, 2.75) is 18.4 Å². The Labute approximate surface area is 121 Å². The van der Waals surface area contributed by atoms with Crippen molar-refractivity contribution in [1.29, 1.82) is 0 Å². The molecule has 0 spiro atoms. The Kier molecular flexibility index (Phi) is 4.72. The molecule has 2 N–H and O–H groups in total. The number of halogens is 1. The highest BCUT2D eigenvalue weighted by atomic mass is 79.9. The predicted octanol–water partition coefficient (Wildman–Crippen LogP) is 4.77. The zero-order valence-corrected chi connectivity index (χ0v) is 12.7. The average Bonchev–Trinajstić information content (AvgIpc) is 2.37. The second-order valence-electron chi connectivity index (χ2n) is 4.24. The van der Waals surface area contributed by atoms with Gasteiger partial charge >= 0.3 is 0 Å². The number of benzene rings is 2. The van der Waals surface area contributed by atoms with Gasteiger partial charge in [-0.25, -0.2) is 0 Å². The first-order chi connectivity index (χ1) is 8.68. The molecule has 3 heteroatoms. The van der Waals surface area contributed by atoms with Crippen molar-refractivity contribution in [1.82, 2.24) is 0 Å². The van der Waals surface area contributed by atoms with Gasteiger partial charge in [0, 0.05) is 21.7 Å². The first-order valence-electron chi connectivity index (χ1n) is 5.83. The predicted molar refractivity (Wildman–Crippen MR) is 84.7 cm³/mol. The van der Waals surface area contributed by atoms with Crippen LogP contribution >= 0.6 is 27.7 Å². The second kappa shape index (κ2) is 6.30. The fraction of sp³-hybridized carbons (Fsp3) is 0.200. The van der Waals surface area contributed by atoms with E-state index < -0.39 is 0 Å². The van der Waals surface area contributed by atoms with Gasteiger partial charge in [0.25, 0.3) is 0 Å². The van der Waals surface area contributed by atoms with Crippen LogP contribution in [0.4, 0.5) is 5.69 Å². The molecule has 0 saturated carbocycles. The zero-order valence-electron chi connectivity index (χ0n) is 10.3. The van der Waals surface area contributed by atoms with Crippen LogP contribution < -0.4 is 5.73 Å². The molecule has 0 bridgehead atoms. The fourth-order valence-electron chi connectivity index (χ4n) is 1.75. The molecule has 0 unspecified atom stereocenters. The third kappa shape index (κ3) is 3.30. The largest absolute Gasteiger partial charge is 0.398 e. The Balaban J connectivity index is 1.97. The van der Waals surface area contributed by atoms with Crippen LogP contribution in [0.3, 0.4) is 0 Å². The smallest absolute Gasteiger partial charge is 0.0461 e. The summed E-state index contributed by atoms with van der Waals surface area (Å²) >= 11 is 5.45. The average molecular weight is 322 g/mol. The summed E-state index contributed by atoms with van der Waals surface area (Å²) in [4.78, 5) is 0. The summed E-state index contributed by atoms with van der Waals surface area (Å²) in [7, 11) is 0. The van der Waals surface area contributed by atoms with Crippen LogP contribution in [0.1, 0.15) is 16.7 Å². The van der Waals surface area contributed by atoms with Crippen molar-refractivity contribution in [3.63, 3.8) is 0 Å². The summed E-state index contributed by atoms with van der Waals surface area (Å²) in [6, 6.07) is 14.6. The van der Waals surface area contributed by atoms with Gasteiger partial charge in [-0.15, -0.1) is 0 Å². The lowest BCUT2D eigenvalue weighted by Gasteiger charge is -2.08. The van der Waals surface area contributed by atoms with Crippen LogP contribution in [0.2, 0.25) is 0 Å². The van der Waals surface area contributed by atoms with Gasteiger partial charge in [-0.3, -0.25) is 0 Å². The lowest BCUT2D eigenvalue weighted by atomic mass is 10.1. The fourth-order valence-corrected chi connectivity index (χ4v) is 3.45. The minimum absolute atomic E-state index is 0.809. The molecule has 0 aromatic heterocycles. The standard InChI is InChI=1S/C15H16BrNS/c1-11-5-2-3-6-12(11)9-18-10-13-7-4-8-14(17)15(13)16/h2-8H,9-10,17H2,1H3. The molecule has 94 valence electrons. The summed E-state index contributed by atoms with van der Waals surface area (Å²) < 4.78 is 1.03. The first-order valence-corrected chi connectivity index (χ1v) is 7.78. The van der Waals surface area contributed by atoms with Crippen LogP contribution in [-0.2, 0) is 11.5 Å². The normalized spacial score (nSPS) is 10.6. The number of nitrogens with two attached hydrogens (primary N) is 1. The number of nitrogen functional groups attached to an aromatic ring is 1. The molecule has 2 rings (SSSR count). The van der Waals surface area contributed by atoms with Gasteiger partial charge in [-0.05, 0) is 45.6 Å². The van der Waals surface area contributed by atoms with E-state index in [1.807, 2.05) is 23.9 Å². The third-order valence-electron chi connectivity index (χ3n) is 2.88. The minimum atomic E-state index is 0.809. The molecule has 0 amide bonds. The van der Waals surface area contributed by atoms with E-state index in [0.717, 1.165) is 21.7 Å². The van der Waals surface area contributed by atoms with Gasteiger partial charge < -0.3 is 5.73 Å². The molecular weight excluding hydrogens is 306 g/mol. The van der Waals surface area contributed by atoms with Gasteiger partial charge in [0.2, 0.25) is 0 Å². The molecule has 0 aliphatic heterocycles. The number of rotatable bonds is 4. The highest BCUT2D eigenvalue weighted by Crippen LogP contribution is 2.28. The summed E-state index contributed by atoms with van der Waals surface area (Å²) in [6.45, 7) is 2.16. The summed E-state index contributed by atoms with van der Waals surface area (Å²) in [5.41, 5.74) is 10.7. The summed E-state index contributed by atoms with van der Waals surface area (Å²) in [5, 5.41) is 0. The molecule has 0 saturated heterocycles. The highest BCUT2D eigenvalue weighted by molar-refractivity contribution is 9.10. The van der Waals surface area contributed by atoms with Crippen LogP contribution in [0.25, 0.3) is 0 Å². The molecular formula is C15H16BrNS. The molecule has 0 aliphatic rings. The third-order valence-corrected chi connectivity index (χ3v) is 4.88. The Morgan fingerprint density at radius 1 is 1.00 bits per heavy atom. The lowest BCUT2D eigenvalue weighted by molar-refractivity contribution is 1.29. The number of hydrogen-bond acceptors (Lipinski definition) is 2. The summed E-state index contributed by atoms with van der Waals surface area (Å²) in [5.74, 6) is 2.01. The van der Waals surface area contributed by atoms with Crippen LogP contribution in [0.5, 0.6) is 0 Å². The summed E-state index contributed by atoms with van der Waals surface area (Å²) in [6.07, 6.45) is 0. The van der Waals surface area contributed by atoms with E-state index in [4.69, 9.17) is 5.73 Å². The molecule has 0 radical (unpaired) electrons. The Hall–Kier alpha value is -0.930. The van der Waals surface area contributed by atoms with Gasteiger partial charge in [0.1, 0.15) is 0 Å². The van der Waals surface area contributed by atoms with Crippen molar-refractivity contribution < 1.29 is 0 Å². The molecule has 2 aromatic rings. The van der Waals surface area contributed by atoms with E-state index in [2.05, 4.69) is 53.2 Å². The van der Waals surface area contributed by atoms with E-state index in [1.54, 1.807) is 0 Å². The van der Waals surface area contributed by atoms with E-state index in [9.17, 15) is 0 Å². The van der Waals surface area contributed by atoms with Crippen LogP contribution in [0, 0.1) is 6.92 Å². The zero-order chi connectivity index (χ0) is 13.0. The SMILES string of the molecule is Cc1ccccc1CSCc1cccc(N)c1Br. The molecule has 2 aromatic carbocycles. The lowest BCUT2D eigenvalue weighted by Crippen LogP contribution is -1.92. The van der Waals surface area contributed by atoms with Gasteiger partial charge in [0.15, 0.2) is 0 Å². The minimum Gasteiger partial charge on any atom is -0.398 e. The van der Waals surface area contributed by atoms with Gasteiger partial charge in [-0.2, -0.15) is 11.8 Å². The van der Waals surface area contributed by atoms with Crippen molar-refractivity contribution in [3.8, 4) is 0 Å². The second-order valence-corrected chi connectivity index (χ2v) is 6.02. The van der Waals surface area contributed by atoms with Crippen molar-refractivity contribution >= 4 is 33.4 Å². The Morgan fingerprint density at radius 3 is 2.44 bits per heavy atom. The van der Waals surface area contributed by atoms with E-state index in [-0.39, 0.29) is 0 Å². The molecule has 0 atom stereocenters. The van der Waals surface area contributed by atoms with Gasteiger partial charge in [0.05, 0.1) is 0 Å². The number of hydrogen-bond donors (Lipinski definition) is 1. The molecule has 0 fully saturated rings. The maximum Gasteiger partial charge on any atom is 0.0461 e. The van der Waals surface area contributed by atoms with Crippen molar-refractivity contribution in [3.05, 3.63) is 63.6 Å². The molecule has 0 heterocycles. The number of thioether (sulfide) groups is 1. The van der Waals surface area contributed by atoms with Crippen LogP contribution in [0.15, 0.2) is 46.9 Å². The quantitative estimate of drug-likeness (QED) is 0.820. The first kappa shape index (κ1) is 13.5. The monoisotopic (exact) mass is 321 g/mol. The van der Waals surface area contributed by atoms with E-state index >= 15 is 0 Å². The van der Waals surface area contributed by atoms with E-state index in [0.29, 0.717) is 0 Å². The maximum absolute atomic E-state index is 5.87. The van der Waals surface area contributed by atoms with Gasteiger partial charge in [-0.1, -0.05) is 36.4 Å². The molecule has 1 nitrogen and oxygen atoms in total. The highest BCUT2D eigenvalue weighted by Gasteiger charge is 2.04. The number of aryl methyl sites for hydroxylation is 1. The maximum atomic E-state index is 5.87. The van der Waals surface area contributed by atoms with Crippen molar-refractivity contribution in [2.24, 2.45) is 0 Å². The van der Waals surface area contributed by atoms with Crippen LogP contribution in [-0.4, -0.2) is 0 Å². The molecule has 18 heavy (non-hydrogen) atoms. The van der Waals surface area contributed by atoms with E-state index in [1.165, 1.54) is 16.7 Å². The Bertz CT molecular complexity index is 540. The Morgan fingerprint density at radius 2 is 1.67 bits per heavy atom. The topological polar surface area (TPSA) is 26.0 Å².